The molecule has 1 saturated heterocycles. The highest BCUT2D eigenvalue weighted by Crippen LogP contribution is 2.20. The monoisotopic (exact) mass is 325 g/mol. The lowest BCUT2D eigenvalue weighted by Gasteiger charge is -2.34. The lowest BCUT2D eigenvalue weighted by atomic mass is 9.96. The molecule has 122 valence electrons. The van der Waals surface area contributed by atoms with E-state index in [1.807, 2.05) is 18.7 Å². The highest BCUT2D eigenvalue weighted by molar-refractivity contribution is 7.09. The topological polar surface area (TPSA) is 78.4 Å². The fourth-order valence-corrected chi connectivity index (χ4v) is 3.24. The van der Waals surface area contributed by atoms with Gasteiger partial charge in [0.05, 0.1) is 5.92 Å². The van der Waals surface area contributed by atoms with Gasteiger partial charge in [-0.25, -0.2) is 9.78 Å². The molecule has 0 saturated carbocycles. The predicted octanol–water partition coefficient (Wildman–Crippen LogP) is 1.96. The van der Waals surface area contributed by atoms with Crippen LogP contribution in [0.25, 0.3) is 0 Å². The van der Waals surface area contributed by atoms with E-state index in [1.165, 1.54) is 11.5 Å². The number of hydrogen-bond acceptors (Lipinski definition) is 5. The van der Waals surface area contributed by atoms with Crippen LogP contribution in [0, 0.1) is 12.8 Å². The van der Waals surface area contributed by atoms with Crippen LogP contribution >= 0.6 is 11.5 Å². The van der Waals surface area contributed by atoms with Crippen LogP contribution in [0.15, 0.2) is 0 Å². The van der Waals surface area contributed by atoms with Gasteiger partial charge in [-0.3, -0.25) is 10.1 Å². The number of aromatic nitrogens is 2. The van der Waals surface area contributed by atoms with Crippen molar-refractivity contribution in [2.24, 2.45) is 5.92 Å². The van der Waals surface area contributed by atoms with Gasteiger partial charge in [-0.2, -0.15) is 4.37 Å². The van der Waals surface area contributed by atoms with Crippen molar-refractivity contribution in [2.45, 2.75) is 33.6 Å². The van der Waals surface area contributed by atoms with Gasteiger partial charge in [0.2, 0.25) is 11.0 Å². The molecule has 1 N–H and O–H groups in total. The molecule has 2 heterocycles. The third-order valence-corrected chi connectivity index (χ3v) is 4.60. The highest BCUT2D eigenvalue weighted by Gasteiger charge is 2.30. The molecule has 2 rings (SSSR count). The summed E-state index contributed by atoms with van der Waals surface area (Å²) in [5.41, 5.74) is 0. The van der Waals surface area contributed by atoms with Crippen LogP contribution in [0.3, 0.4) is 0 Å². The van der Waals surface area contributed by atoms with Gasteiger partial charge in [-0.05, 0) is 33.6 Å². The fraction of sp³-hybridized carbons (Fsp3) is 0.714. The van der Waals surface area contributed by atoms with E-state index in [4.69, 9.17) is 0 Å². The van der Waals surface area contributed by atoms with Crippen LogP contribution in [-0.2, 0) is 4.79 Å². The van der Waals surface area contributed by atoms with Crippen LogP contribution in [0.5, 0.6) is 0 Å². The number of aryl methyl sites for hydroxylation is 1. The fourth-order valence-electron chi connectivity index (χ4n) is 2.68. The number of amides is 3. The van der Waals surface area contributed by atoms with Crippen LogP contribution in [0.4, 0.5) is 9.93 Å². The van der Waals surface area contributed by atoms with Crippen molar-refractivity contribution in [1.82, 2.24) is 19.2 Å². The lowest BCUT2D eigenvalue weighted by Crippen LogP contribution is -2.47. The molecule has 22 heavy (non-hydrogen) atoms. The molecule has 0 aliphatic carbocycles. The Kier molecular flexibility index (Phi) is 5.70. The van der Waals surface area contributed by atoms with Gasteiger partial charge in [0, 0.05) is 37.7 Å². The maximum atomic E-state index is 12.4. The zero-order chi connectivity index (χ0) is 16.1. The second-order valence-corrected chi connectivity index (χ2v) is 6.12. The van der Waals surface area contributed by atoms with Crippen molar-refractivity contribution in [3.8, 4) is 0 Å². The van der Waals surface area contributed by atoms with Crippen molar-refractivity contribution in [3.05, 3.63) is 5.82 Å². The summed E-state index contributed by atoms with van der Waals surface area (Å²) >= 11 is 1.17. The Morgan fingerprint density at radius 3 is 2.73 bits per heavy atom. The van der Waals surface area contributed by atoms with Gasteiger partial charge in [0.15, 0.2) is 0 Å². The molecule has 1 aliphatic rings. The van der Waals surface area contributed by atoms with Crippen LogP contribution < -0.4 is 5.32 Å². The Hall–Kier alpha value is -1.70. The Morgan fingerprint density at radius 2 is 2.14 bits per heavy atom. The number of carbonyl (C=O) groups is 2. The summed E-state index contributed by atoms with van der Waals surface area (Å²) in [6.45, 7) is 8.31. The third-order valence-electron chi connectivity index (χ3n) is 3.87. The van der Waals surface area contributed by atoms with E-state index < -0.39 is 0 Å². The minimum Gasteiger partial charge on any atom is -0.343 e. The second kappa shape index (κ2) is 7.53. The normalized spacial score (nSPS) is 18.1. The molecule has 8 heteroatoms. The standard InChI is InChI=1S/C14H23N5O2S/c1-4-18(5-2)12(20)11-7-6-8-19(9-11)14(21)16-13-15-10(3)17-22-13/h11H,4-9H2,1-3H3,(H,15,16,17,21)/t11-/m1/s1. The van der Waals surface area contributed by atoms with Crippen molar-refractivity contribution in [3.63, 3.8) is 0 Å². The first-order valence-electron chi connectivity index (χ1n) is 7.70. The van der Waals surface area contributed by atoms with Crippen molar-refractivity contribution >= 4 is 28.6 Å². The molecule has 0 aromatic carbocycles. The quantitative estimate of drug-likeness (QED) is 0.918. The summed E-state index contributed by atoms with van der Waals surface area (Å²) in [6, 6.07) is -0.201. The predicted molar refractivity (Wildman–Crippen MR) is 85.9 cm³/mol. The van der Waals surface area contributed by atoms with E-state index in [0.717, 1.165) is 12.8 Å². The zero-order valence-electron chi connectivity index (χ0n) is 13.3. The average Bonchev–Trinajstić information content (AvgIpc) is 2.93. The van der Waals surface area contributed by atoms with E-state index in [-0.39, 0.29) is 17.9 Å². The first kappa shape index (κ1) is 16.7. The summed E-state index contributed by atoms with van der Waals surface area (Å²) in [5.74, 6) is 0.693. The summed E-state index contributed by atoms with van der Waals surface area (Å²) in [7, 11) is 0. The van der Waals surface area contributed by atoms with E-state index in [2.05, 4.69) is 14.7 Å². The number of anilines is 1. The number of urea groups is 1. The molecule has 1 fully saturated rings. The molecule has 7 nitrogen and oxygen atoms in total. The maximum absolute atomic E-state index is 12.4. The Bertz CT molecular complexity index is 529. The average molecular weight is 325 g/mol. The van der Waals surface area contributed by atoms with Gasteiger partial charge in [-0.1, -0.05) is 0 Å². The number of nitrogens with one attached hydrogen (secondary N) is 1. The second-order valence-electron chi connectivity index (χ2n) is 5.37. The van der Waals surface area contributed by atoms with Crippen LogP contribution in [0.2, 0.25) is 0 Å². The SMILES string of the molecule is CCN(CC)C(=O)[C@@H]1CCCN(C(=O)Nc2nc(C)ns2)C1. The maximum Gasteiger partial charge on any atom is 0.323 e. The van der Waals surface area contributed by atoms with E-state index in [1.54, 1.807) is 11.8 Å². The summed E-state index contributed by atoms with van der Waals surface area (Å²) in [4.78, 5) is 32.4. The van der Waals surface area contributed by atoms with E-state index >= 15 is 0 Å². The number of rotatable bonds is 4. The molecule has 1 aromatic rings. The number of likely N-dealkylation sites (tertiary alicyclic amines) is 1. The summed E-state index contributed by atoms with van der Waals surface area (Å²) in [6.07, 6.45) is 1.69. The first-order valence-corrected chi connectivity index (χ1v) is 8.47. The van der Waals surface area contributed by atoms with Gasteiger partial charge in [0.25, 0.3) is 0 Å². The molecule has 0 bridgehead atoms. The number of hydrogen-bond donors (Lipinski definition) is 1. The third kappa shape index (κ3) is 3.94. The van der Waals surface area contributed by atoms with Crippen molar-refractivity contribution in [2.75, 3.05) is 31.5 Å². The number of carbonyl (C=O) groups excluding carboxylic acids is 2. The van der Waals surface area contributed by atoms with E-state index in [9.17, 15) is 9.59 Å². The Labute approximate surface area is 134 Å². The minimum absolute atomic E-state index is 0.101. The highest BCUT2D eigenvalue weighted by atomic mass is 32.1. The molecular weight excluding hydrogens is 302 g/mol. The number of piperidine rings is 1. The molecule has 1 atom stereocenters. The van der Waals surface area contributed by atoms with Gasteiger partial charge >= 0.3 is 6.03 Å². The minimum atomic E-state index is -0.201. The summed E-state index contributed by atoms with van der Waals surface area (Å²) < 4.78 is 4.04. The Morgan fingerprint density at radius 1 is 1.41 bits per heavy atom. The Balaban J connectivity index is 1.95. The molecular formula is C14H23N5O2S. The molecule has 0 radical (unpaired) electrons. The van der Waals surface area contributed by atoms with Crippen LogP contribution in [-0.4, -0.2) is 57.3 Å². The van der Waals surface area contributed by atoms with Crippen LogP contribution in [0.1, 0.15) is 32.5 Å². The van der Waals surface area contributed by atoms with Crippen molar-refractivity contribution < 1.29 is 9.59 Å². The molecule has 3 amide bonds. The number of nitrogens with zero attached hydrogens (tertiary/aromatic N) is 4. The van der Waals surface area contributed by atoms with Gasteiger partial charge in [-0.15, -0.1) is 0 Å². The molecule has 0 unspecified atom stereocenters. The molecule has 0 spiro atoms. The van der Waals surface area contributed by atoms with Gasteiger partial charge < -0.3 is 9.80 Å². The summed E-state index contributed by atoms with van der Waals surface area (Å²) in [5, 5.41) is 3.26. The molecule has 1 aromatic heterocycles. The molecule has 1 aliphatic heterocycles. The largest absolute Gasteiger partial charge is 0.343 e. The van der Waals surface area contributed by atoms with Crippen molar-refractivity contribution in [1.29, 1.82) is 0 Å². The zero-order valence-corrected chi connectivity index (χ0v) is 14.2. The first-order chi connectivity index (χ1) is 10.5. The van der Waals surface area contributed by atoms with Gasteiger partial charge in [0.1, 0.15) is 5.82 Å². The van der Waals surface area contributed by atoms with E-state index in [0.29, 0.717) is 37.1 Å². The smallest absolute Gasteiger partial charge is 0.323 e. The lowest BCUT2D eigenvalue weighted by molar-refractivity contribution is -0.136.